The molecule has 1 atom stereocenters. The first-order valence-electron chi connectivity index (χ1n) is 11.1. The Bertz CT molecular complexity index is 1130. The van der Waals surface area contributed by atoms with Crippen molar-refractivity contribution in [1.29, 1.82) is 0 Å². The number of carbonyl (C=O) groups excluding carboxylic acids is 2. The van der Waals surface area contributed by atoms with Gasteiger partial charge in [-0.25, -0.2) is 0 Å². The molecular formula is C27H30N2O3. The standard InChI is InChI=1S/C27H30N2O3/c1-27(2,24-13-7-10-20-9-4-5-12-23(20)24)28-26(31)21-14-15-25(30)29(18-21)17-19-8-6-11-22(16-19)32-3/h4-13,16,21H,14-15,17-18H2,1-3H3,(H,28,31). The van der Waals surface area contributed by atoms with E-state index in [1.54, 1.807) is 12.0 Å². The number of hydrogen-bond donors (Lipinski definition) is 1. The number of carbonyl (C=O) groups is 2. The smallest absolute Gasteiger partial charge is 0.225 e. The number of rotatable bonds is 6. The molecule has 0 saturated carbocycles. The number of piperidine rings is 1. The summed E-state index contributed by atoms with van der Waals surface area (Å²) in [6.07, 6.45) is 0.960. The van der Waals surface area contributed by atoms with Crippen LogP contribution in [0.4, 0.5) is 0 Å². The van der Waals surface area contributed by atoms with E-state index < -0.39 is 5.54 Å². The summed E-state index contributed by atoms with van der Waals surface area (Å²) >= 11 is 0. The second-order valence-corrected chi connectivity index (χ2v) is 9.00. The van der Waals surface area contributed by atoms with Crippen molar-refractivity contribution in [2.45, 2.75) is 38.8 Å². The number of likely N-dealkylation sites (tertiary alicyclic amines) is 1. The molecule has 0 spiro atoms. The first-order chi connectivity index (χ1) is 15.4. The maximum Gasteiger partial charge on any atom is 0.225 e. The molecule has 3 aromatic carbocycles. The maximum absolute atomic E-state index is 13.3. The van der Waals surface area contributed by atoms with E-state index in [1.807, 2.05) is 56.3 Å². The third kappa shape index (κ3) is 4.62. The predicted octanol–water partition coefficient (Wildman–Crippen LogP) is 4.64. The highest BCUT2D eigenvalue weighted by atomic mass is 16.5. The predicted molar refractivity (Wildman–Crippen MR) is 126 cm³/mol. The van der Waals surface area contributed by atoms with Crippen molar-refractivity contribution < 1.29 is 14.3 Å². The normalized spacial score (nSPS) is 16.8. The molecule has 1 unspecified atom stereocenters. The summed E-state index contributed by atoms with van der Waals surface area (Å²) in [6, 6.07) is 22.1. The molecule has 5 nitrogen and oxygen atoms in total. The number of amides is 2. The van der Waals surface area contributed by atoms with Crippen molar-refractivity contribution in [2.24, 2.45) is 5.92 Å². The molecule has 1 saturated heterocycles. The summed E-state index contributed by atoms with van der Waals surface area (Å²) < 4.78 is 5.29. The number of methoxy groups -OCH3 is 1. The number of hydrogen-bond acceptors (Lipinski definition) is 3. The van der Waals surface area contributed by atoms with Gasteiger partial charge in [0.2, 0.25) is 11.8 Å². The van der Waals surface area contributed by atoms with Gasteiger partial charge in [-0.3, -0.25) is 9.59 Å². The third-order valence-electron chi connectivity index (χ3n) is 6.28. The molecule has 1 aliphatic heterocycles. The van der Waals surface area contributed by atoms with Crippen LogP contribution in [0.3, 0.4) is 0 Å². The lowest BCUT2D eigenvalue weighted by Crippen LogP contribution is -2.49. The Hall–Kier alpha value is -3.34. The fraction of sp³-hybridized carbons (Fsp3) is 0.333. The summed E-state index contributed by atoms with van der Waals surface area (Å²) in [6.45, 7) is 4.98. The van der Waals surface area contributed by atoms with Gasteiger partial charge in [0, 0.05) is 19.5 Å². The van der Waals surface area contributed by atoms with Crippen molar-refractivity contribution in [1.82, 2.24) is 10.2 Å². The number of benzene rings is 3. The van der Waals surface area contributed by atoms with Crippen LogP contribution in [-0.2, 0) is 21.7 Å². The van der Waals surface area contributed by atoms with E-state index >= 15 is 0 Å². The van der Waals surface area contributed by atoms with Gasteiger partial charge >= 0.3 is 0 Å². The topological polar surface area (TPSA) is 58.6 Å². The zero-order valence-corrected chi connectivity index (χ0v) is 18.9. The number of nitrogens with one attached hydrogen (secondary N) is 1. The van der Waals surface area contributed by atoms with Crippen LogP contribution in [0.15, 0.2) is 66.7 Å². The molecule has 1 heterocycles. The van der Waals surface area contributed by atoms with Gasteiger partial charge in [-0.2, -0.15) is 0 Å². The van der Waals surface area contributed by atoms with E-state index in [2.05, 4.69) is 29.6 Å². The molecule has 166 valence electrons. The summed E-state index contributed by atoms with van der Waals surface area (Å²) in [5.41, 5.74) is 1.55. The molecule has 0 aromatic heterocycles. The highest BCUT2D eigenvalue weighted by Crippen LogP contribution is 2.30. The Morgan fingerprint density at radius 3 is 2.66 bits per heavy atom. The lowest BCUT2D eigenvalue weighted by atomic mass is 9.88. The van der Waals surface area contributed by atoms with Gasteiger partial charge < -0.3 is 15.0 Å². The van der Waals surface area contributed by atoms with Crippen LogP contribution < -0.4 is 10.1 Å². The average Bonchev–Trinajstić information content (AvgIpc) is 2.80. The van der Waals surface area contributed by atoms with Gasteiger partial charge in [0.05, 0.1) is 18.6 Å². The molecular weight excluding hydrogens is 400 g/mol. The van der Waals surface area contributed by atoms with Crippen molar-refractivity contribution in [3.05, 3.63) is 77.9 Å². The minimum atomic E-state index is -0.531. The third-order valence-corrected chi connectivity index (χ3v) is 6.28. The quantitative estimate of drug-likeness (QED) is 0.620. The van der Waals surface area contributed by atoms with Gasteiger partial charge in [0.25, 0.3) is 0 Å². The zero-order chi connectivity index (χ0) is 22.7. The first kappa shape index (κ1) is 21.9. The highest BCUT2D eigenvalue weighted by Gasteiger charge is 2.33. The minimum absolute atomic E-state index is 0.00826. The van der Waals surface area contributed by atoms with Crippen LogP contribution in [0.1, 0.15) is 37.8 Å². The van der Waals surface area contributed by atoms with Gasteiger partial charge in [-0.1, -0.05) is 54.6 Å². The lowest BCUT2D eigenvalue weighted by Gasteiger charge is -2.35. The van der Waals surface area contributed by atoms with E-state index in [9.17, 15) is 9.59 Å². The van der Waals surface area contributed by atoms with Crippen LogP contribution in [0.5, 0.6) is 5.75 Å². The summed E-state index contributed by atoms with van der Waals surface area (Å²) in [4.78, 5) is 27.6. The first-order valence-corrected chi connectivity index (χ1v) is 11.1. The second-order valence-electron chi connectivity index (χ2n) is 9.00. The summed E-state index contributed by atoms with van der Waals surface area (Å²) in [7, 11) is 1.63. The van der Waals surface area contributed by atoms with Crippen molar-refractivity contribution >= 4 is 22.6 Å². The van der Waals surface area contributed by atoms with Crippen LogP contribution >= 0.6 is 0 Å². The molecule has 5 heteroatoms. The van der Waals surface area contributed by atoms with E-state index in [1.165, 1.54) is 0 Å². The highest BCUT2D eigenvalue weighted by molar-refractivity contribution is 5.88. The second kappa shape index (κ2) is 9.03. The van der Waals surface area contributed by atoms with Gasteiger partial charge in [-0.15, -0.1) is 0 Å². The zero-order valence-electron chi connectivity index (χ0n) is 18.9. The Kier molecular flexibility index (Phi) is 6.17. The monoisotopic (exact) mass is 430 g/mol. The fourth-order valence-corrected chi connectivity index (χ4v) is 4.52. The molecule has 0 aliphatic carbocycles. The number of nitrogens with zero attached hydrogens (tertiary/aromatic N) is 1. The number of fused-ring (bicyclic) bond motifs is 1. The van der Waals surface area contributed by atoms with Crippen LogP contribution in [0.25, 0.3) is 10.8 Å². The Balaban J connectivity index is 1.48. The van der Waals surface area contributed by atoms with Gasteiger partial charge in [-0.05, 0) is 54.3 Å². The Morgan fingerprint density at radius 1 is 1.09 bits per heavy atom. The van der Waals surface area contributed by atoms with E-state index in [0.717, 1.165) is 27.6 Å². The summed E-state index contributed by atoms with van der Waals surface area (Å²) in [5.74, 6) is 0.613. The van der Waals surface area contributed by atoms with Crippen molar-refractivity contribution in [2.75, 3.05) is 13.7 Å². The molecule has 3 aromatic rings. The molecule has 1 N–H and O–H groups in total. The Morgan fingerprint density at radius 2 is 1.84 bits per heavy atom. The molecule has 32 heavy (non-hydrogen) atoms. The average molecular weight is 431 g/mol. The number of ether oxygens (including phenoxy) is 1. The molecule has 0 bridgehead atoms. The van der Waals surface area contributed by atoms with Gasteiger partial charge in [0.1, 0.15) is 5.75 Å². The lowest BCUT2D eigenvalue weighted by molar-refractivity contribution is -0.139. The van der Waals surface area contributed by atoms with Crippen LogP contribution in [0, 0.1) is 5.92 Å². The van der Waals surface area contributed by atoms with Crippen molar-refractivity contribution in [3.63, 3.8) is 0 Å². The van der Waals surface area contributed by atoms with E-state index in [-0.39, 0.29) is 17.7 Å². The largest absolute Gasteiger partial charge is 0.497 e. The van der Waals surface area contributed by atoms with Crippen LogP contribution in [-0.4, -0.2) is 30.4 Å². The molecule has 2 amide bonds. The minimum Gasteiger partial charge on any atom is -0.497 e. The van der Waals surface area contributed by atoms with Crippen LogP contribution in [0.2, 0.25) is 0 Å². The van der Waals surface area contributed by atoms with Gasteiger partial charge in [0.15, 0.2) is 0 Å². The summed E-state index contributed by atoms with van der Waals surface area (Å²) in [5, 5.41) is 5.55. The molecule has 4 rings (SSSR count). The fourth-order valence-electron chi connectivity index (χ4n) is 4.52. The van der Waals surface area contributed by atoms with E-state index in [4.69, 9.17) is 4.74 Å². The maximum atomic E-state index is 13.3. The SMILES string of the molecule is COc1cccc(CN2CC(C(=O)NC(C)(C)c3cccc4ccccc34)CCC2=O)c1. The van der Waals surface area contributed by atoms with E-state index in [0.29, 0.717) is 25.9 Å². The Labute approximate surface area is 189 Å². The molecule has 0 radical (unpaired) electrons. The molecule has 1 fully saturated rings. The molecule has 1 aliphatic rings. The van der Waals surface area contributed by atoms with Crippen molar-refractivity contribution in [3.8, 4) is 5.75 Å².